The molecule has 0 radical (unpaired) electrons. The molecule has 1 heterocycles. The number of rotatable bonds is 3. The highest BCUT2D eigenvalue weighted by atomic mass is 16.5. The van der Waals surface area contributed by atoms with Gasteiger partial charge in [0.1, 0.15) is 0 Å². The lowest BCUT2D eigenvalue weighted by molar-refractivity contribution is 0.0527. The molecule has 1 aromatic heterocycles. The Labute approximate surface area is 123 Å². The maximum Gasteiger partial charge on any atom is 0.340 e. The topological polar surface area (TPSA) is 57.2 Å². The summed E-state index contributed by atoms with van der Waals surface area (Å²) < 4.78 is 7.20. The third-order valence-corrected chi connectivity index (χ3v) is 3.87. The minimum Gasteiger partial charge on any atom is -0.462 e. The van der Waals surface area contributed by atoms with Gasteiger partial charge in [0.2, 0.25) is 0 Å². The first-order valence-electron chi connectivity index (χ1n) is 7.05. The average molecular weight is 282 g/mol. The fourth-order valence-corrected chi connectivity index (χ4v) is 2.95. The molecule has 4 heteroatoms. The molecule has 0 fully saturated rings. The van der Waals surface area contributed by atoms with E-state index in [1.807, 2.05) is 35.9 Å². The number of hydrogen-bond donors (Lipinski definition) is 1. The van der Waals surface area contributed by atoms with E-state index < -0.39 is 0 Å². The molecular formula is C17H18N2O2. The number of hydrogen-bond acceptors (Lipinski definition) is 3. The van der Waals surface area contributed by atoms with Crippen molar-refractivity contribution in [3.8, 4) is 0 Å². The summed E-state index contributed by atoms with van der Waals surface area (Å²) in [6.45, 7) is 2.46. The Morgan fingerprint density at radius 3 is 2.67 bits per heavy atom. The number of fused-ring (bicyclic) bond motifs is 3. The van der Waals surface area contributed by atoms with Gasteiger partial charge in [0, 0.05) is 30.1 Å². The summed E-state index contributed by atoms with van der Waals surface area (Å²) in [4.78, 5) is 12.3. The largest absolute Gasteiger partial charge is 0.462 e. The molecule has 21 heavy (non-hydrogen) atoms. The zero-order chi connectivity index (χ0) is 15.0. The first kappa shape index (κ1) is 13.6. The molecule has 4 nitrogen and oxygen atoms in total. The molecule has 0 atom stereocenters. The zero-order valence-electron chi connectivity index (χ0n) is 12.2. The summed E-state index contributed by atoms with van der Waals surface area (Å²) in [5, 5.41) is 3.16. The van der Waals surface area contributed by atoms with Gasteiger partial charge in [0.25, 0.3) is 0 Å². The summed E-state index contributed by atoms with van der Waals surface area (Å²) in [5.41, 5.74) is 8.28. The second-order valence-electron chi connectivity index (χ2n) is 4.99. The van der Waals surface area contributed by atoms with Crippen LogP contribution in [0.15, 0.2) is 36.4 Å². The highest BCUT2D eigenvalue weighted by molar-refractivity contribution is 6.14. The van der Waals surface area contributed by atoms with Crippen LogP contribution < -0.4 is 5.73 Å². The van der Waals surface area contributed by atoms with E-state index in [1.165, 1.54) is 0 Å². The summed E-state index contributed by atoms with van der Waals surface area (Å²) in [7, 11) is 1.94. The van der Waals surface area contributed by atoms with E-state index in [2.05, 4.69) is 12.1 Å². The van der Waals surface area contributed by atoms with Crippen LogP contribution >= 0.6 is 0 Å². The number of esters is 1. The SMILES string of the molecule is CCOC(=O)c1c(CN)n(C)c2c1ccc1ccccc12. The molecule has 0 spiro atoms. The molecule has 0 amide bonds. The predicted octanol–water partition coefficient (Wildman–Crippen LogP) is 2.97. The van der Waals surface area contributed by atoms with Crippen molar-refractivity contribution in [1.29, 1.82) is 0 Å². The molecule has 2 aromatic carbocycles. The number of aromatic nitrogens is 1. The third-order valence-electron chi connectivity index (χ3n) is 3.87. The number of ether oxygens (including phenoxy) is 1. The molecular weight excluding hydrogens is 264 g/mol. The number of benzene rings is 2. The fourth-order valence-electron chi connectivity index (χ4n) is 2.95. The lowest BCUT2D eigenvalue weighted by Crippen LogP contribution is -2.12. The van der Waals surface area contributed by atoms with E-state index in [4.69, 9.17) is 10.5 Å². The first-order chi connectivity index (χ1) is 10.2. The van der Waals surface area contributed by atoms with Gasteiger partial charge < -0.3 is 15.0 Å². The molecule has 3 aromatic rings. The summed E-state index contributed by atoms with van der Waals surface area (Å²) >= 11 is 0. The lowest BCUT2D eigenvalue weighted by Gasteiger charge is -2.05. The van der Waals surface area contributed by atoms with Crippen molar-refractivity contribution in [2.24, 2.45) is 12.8 Å². The van der Waals surface area contributed by atoms with E-state index >= 15 is 0 Å². The Morgan fingerprint density at radius 2 is 1.95 bits per heavy atom. The van der Waals surface area contributed by atoms with Gasteiger partial charge in [-0.05, 0) is 12.3 Å². The lowest BCUT2D eigenvalue weighted by atomic mass is 10.0. The van der Waals surface area contributed by atoms with E-state index in [-0.39, 0.29) is 5.97 Å². The number of aryl methyl sites for hydroxylation is 1. The highest BCUT2D eigenvalue weighted by Gasteiger charge is 2.22. The molecule has 2 N–H and O–H groups in total. The normalized spacial score (nSPS) is 11.2. The number of nitrogens with two attached hydrogens (primary N) is 1. The second-order valence-corrected chi connectivity index (χ2v) is 4.99. The van der Waals surface area contributed by atoms with Gasteiger partial charge in [0.05, 0.1) is 17.7 Å². The van der Waals surface area contributed by atoms with Crippen LogP contribution in [0.1, 0.15) is 23.0 Å². The Kier molecular flexibility index (Phi) is 3.39. The molecule has 0 aliphatic carbocycles. The summed E-state index contributed by atoms with van der Waals surface area (Å²) in [6, 6.07) is 12.1. The van der Waals surface area contributed by atoms with Crippen molar-refractivity contribution >= 4 is 27.6 Å². The predicted molar refractivity (Wildman–Crippen MR) is 84.3 cm³/mol. The summed E-state index contributed by atoms with van der Waals surface area (Å²) in [6.07, 6.45) is 0. The van der Waals surface area contributed by atoms with E-state index in [0.717, 1.165) is 27.4 Å². The van der Waals surface area contributed by atoms with Crippen molar-refractivity contribution in [3.05, 3.63) is 47.7 Å². The van der Waals surface area contributed by atoms with Gasteiger partial charge in [-0.1, -0.05) is 36.4 Å². The third kappa shape index (κ3) is 1.99. The van der Waals surface area contributed by atoms with Crippen LogP contribution in [0.3, 0.4) is 0 Å². The van der Waals surface area contributed by atoms with Crippen molar-refractivity contribution in [3.63, 3.8) is 0 Å². The monoisotopic (exact) mass is 282 g/mol. The smallest absolute Gasteiger partial charge is 0.340 e. The van der Waals surface area contributed by atoms with Gasteiger partial charge >= 0.3 is 5.97 Å². The zero-order valence-corrected chi connectivity index (χ0v) is 12.2. The molecule has 0 saturated heterocycles. The van der Waals surface area contributed by atoms with Gasteiger partial charge in [-0.25, -0.2) is 4.79 Å². The van der Waals surface area contributed by atoms with Crippen LogP contribution in [0, 0.1) is 0 Å². The van der Waals surface area contributed by atoms with Crippen molar-refractivity contribution in [2.45, 2.75) is 13.5 Å². The minimum atomic E-state index is -0.307. The second kappa shape index (κ2) is 5.22. The Bertz CT molecular complexity index is 834. The molecule has 0 unspecified atom stereocenters. The quantitative estimate of drug-likeness (QED) is 0.751. The van der Waals surface area contributed by atoms with Crippen LogP contribution in [0.2, 0.25) is 0 Å². The van der Waals surface area contributed by atoms with Crippen LogP contribution in [0.25, 0.3) is 21.7 Å². The Balaban J connectivity index is 2.42. The Hall–Kier alpha value is -2.33. The van der Waals surface area contributed by atoms with Gasteiger partial charge in [-0.2, -0.15) is 0 Å². The molecule has 108 valence electrons. The summed E-state index contributed by atoms with van der Waals surface area (Å²) in [5.74, 6) is -0.307. The molecule has 0 bridgehead atoms. The van der Waals surface area contributed by atoms with E-state index in [0.29, 0.717) is 18.7 Å². The highest BCUT2D eigenvalue weighted by Crippen LogP contribution is 2.32. The van der Waals surface area contributed by atoms with Crippen molar-refractivity contribution in [2.75, 3.05) is 6.61 Å². The average Bonchev–Trinajstić information content (AvgIpc) is 2.80. The maximum atomic E-state index is 12.3. The van der Waals surface area contributed by atoms with Crippen LogP contribution in [0.4, 0.5) is 0 Å². The fraction of sp³-hybridized carbons (Fsp3) is 0.235. The van der Waals surface area contributed by atoms with Crippen LogP contribution in [-0.2, 0) is 18.3 Å². The van der Waals surface area contributed by atoms with E-state index in [1.54, 1.807) is 6.92 Å². The molecule has 0 aliphatic heterocycles. The van der Waals surface area contributed by atoms with Crippen molar-refractivity contribution < 1.29 is 9.53 Å². The van der Waals surface area contributed by atoms with Gasteiger partial charge in [-0.3, -0.25) is 0 Å². The minimum absolute atomic E-state index is 0.299. The number of carbonyl (C=O) groups is 1. The van der Waals surface area contributed by atoms with Crippen LogP contribution in [0.5, 0.6) is 0 Å². The Morgan fingerprint density at radius 1 is 1.19 bits per heavy atom. The van der Waals surface area contributed by atoms with Crippen LogP contribution in [-0.4, -0.2) is 17.1 Å². The number of nitrogens with zero attached hydrogens (tertiary/aromatic N) is 1. The van der Waals surface area contributed by atoms with E-state index in [9.17, 15) is 4.79 Å². The molecule has 0 saturated carbocycles. The van der Waals surface area contributed by atoms with Crippen molar-refractivity contribution in [1.82, 2.24) is 4.57 Å². The maximum absolute atomic E-state index is 12.3. The molecule has 0 aliphatic rings. The first-order valence-corrected chi connectivity index (χ1v) is 7.05. The standard InChI is InChI=1S/C17H18N2O2/c1-3-21-17(20)15-13-9-8-11-6-4-5-7-12(11)16(13)19(2)14(15)10-18/h4-9H,3,10,18H2,1-2H3. The van der Waals surface area contributed by atoms with Gasteiger partial charge in [-0.15, -0.1) is 0 Å². The molecule has 3 rings (SSSR count). The number of carbonyl (C=O) groups excluding carboxylic acids is 1. The van der Waals surface area contributed by atoms with Gasteiger partial charge in [0.15, 0.2) is 0 Å².